The average Bonchev–Trinajstić information content (AvgIpc) is 3.26. The van der Waals surface area contributed by atoms with E-state index in [1.165, 1.54) is 24.0 Å². The van der Waals surface area contributed by atoms with Crippen LogP contribution in [0.2, 0.25) is 0 Å². The van der Waals surface area contributed by atoms with Crippen LogP contribution in [0.1, 0.15) is 58.6 Å². The van der Waals surface area contributed by atoms with Gasteiger partial charge in [0.2, 0.25) is 0 Å². The highest BCUT2D eigenvalue weighted by Gasteiger charge is 2.22. The van der Waals surface area contributed by atoms with Crippen LogP contribution in [0.5, 0.6) is 5.75 Å². The van der Waals surface area contributed by atoms with Crippen LogP contribution in [-0.2, 0) is 11.8 Å². The van der Waals surface area contributed by atoms with E-state index in [0.29, 0.717) is 5.92 Å². The summed E-state index contributed by atoms with van der Waals surface area (Å²) in [5, 5.41) is 3.58. The number of hydrogen-bond donors (Lipinski definition) is 1. The van der Waals surface area contributed by atoms with E-state index in [9.17, 15) is 0 Å². The fraction of sp³-hybridized carbons (Fsp3) is 0.684. The van der Waals surface area contributed by atoms with E-state index in [1.807, 2.05) is 0 Å². The summed E-state index contributed by atoms with van der Waals surface area (Å²) < 4.78 is 6.14. The average molecular weight is 289 g/mol. The van der Waals surface area contributed by atoms with E-state index in [4.69, 9.17) is 4.74 Å². The minimum Gasteiger partial charge on any atom is -0.493 e. The van der Waals surface area contributed by atoms with Crippen LogP contribution in [0.15, 0.2) is 18.2 Å². The van der Waals surface area contributed by atoms with Crippen LogP contribution in [0.3, 0.4) is 0 Å². The largest absolute Gasteiger partial charge is 0.493 e. The Balaban J connectivity index is 1.97. The molecule has 2 rings (SSSR count). The van der Waals surface area contributed by atoms with Gasteiger partial charge >= 0.3 is 0 Å². The molecule has 0 aromatic heterocycles. The van der Waals surface area contributed by atoms with Gasteiger partial charge in [-0.05, 0) is 41.9 Å². The maximum Gasteiger partial charge on any atom is 0.123 e. The second-order valence-electron chi connectivity index (χ2n) is 7.53. The molecule has 1 N–H and O–H groups in total. The molecule has 1 aromatic rings. The lowest BCUT2D eigenvalue weighted by molar-refractivity contribution is 0.250. The molecule has 1 unspecified atom stereocenters. The van der Waals surface area contributed by atoms with E-state index in [2.05, 4.69) is 58.1 Å². The molecular formula is C19H31NO. The Labute approximate surface area is 130 Å². The Bertz CT molecular complexity index is 457. The molecule has 1 aliphatic carbocycles. The van der Waals surface area contributed by atoms with Gasteiger partial charge in [-0.15, -0.1) is 0 Å². The third kappa shape index (κ3) is 5.03. The molecule has 1 aromatic carbocycles. The summed E-state index contributed by atoms with van der Waals surface area (Å²) in [6.07, 6.45) is 3.77. The van der Waals surface area contributed by atoms with Crippen LogP contribution in [0.25, 0.3) is 0 Å². The molecule has 21 heavy (non-hydrogen) atoms. The van der Waals surface area contributed by atoms with E-state index in [0.717, 1.165) is 31.4 Å². The predicted octanol–water partition coefficient (Wildman–Crippen LogP) is 4.31. The van der Waals surface area contributed by atoms with Gasteiger partial charge < -0.3 is 10.1 Å². The zero-order valence-electron chi connectivity index (χ0n) is 14.3. The van der Waals surface area contributed by atoms with E-state index >= 15 is 0 Å². The van der Waals surface area contributed by atoms with E-state index < -0.39 is 0 Å². The van der Waals surface area contributed by atoms with Crippen molar-refractivity contribution in [2.75, 3.05) is 13.2 Å². The highest BCUT2D eigenvalue weighted by molar-refractivity contribution is 5.41. The first-order valence-electron chi connectivity index (χ1n) is 8.39. The maximum atomic E-state index is 6.14. The summed E-state index contributed by atoms with van der Waals surface area (Å²) in [5.41, 5.74) is 2.83. The molecule has 2 nitrogen and oxygen atoms in total. The van der Waals surface area contributed by atoms with Gasteiger partial charge in [-0.1, -0.05) is 46.8 Å². The van der Waals surface area contributed by atoms with Gasteiger partial charge in [-0.3, -0.25) is 0 Å². The van der Waals surface area contributed by atoms with Crippen LogP contribution in [0.4, 0.5) is 0 Å². The SMILES string of the molecule is CCc1ccc(OCC(C)CNC2CC2)c(C(C)(C)C)c1. The van der Waals surface area contributed by atoms with Crippen molar-refractivity contribution in [1.82, 2.24) is 5.32 Å². The van der Waals surface area contributed by atoms with Gasteiger partial charge in [-0.25, -0.2) is 0 Å². The molecule has 0 saturated heterocycles. The molecule has 1 saturated carbocycles. The van der Waals surface area contributed by atoms with Crippen molar-refractivity contribution in [2.45, 2.75) is 65.3 Å². The van der Waals surface area contributed by atoms with Crippen LogP contribution in [-0.4, -0.2) is 19.2 Å². The molecular weight excluding hydrogens is 258 g/mol. The molecule has 1 aliphatic rings. The lowest BCUT2D eigenvalue weighted by Crippen LogP contribution is -2.27. The summed E-state index contributed by atoms with van der Waals surface area (Å²) in [6, 6.07) is 7.43. The number of rotatable bonds is 7. The Hall–Kier alpha value is -1.02. The topological polar surface area (TPSA) is 21.3 Å². The third-order valence-electron chi connectivity index (χ3n) is 4.12. The zero-order chi connectivity index (χ0) is 15.5. The molecule has 0 heterocycles. The second kappa shape index (κ2) is 6.83. The summed E-state index contributed by atoms with van der Waals surface area (Å²) in [7, 11) is 0. The number of hydrogen-bond acceptors (Lipinski definition) is 2. The molecule has 1 atom stereocenters. The Morgan fingerprint density at radius 3 is 2.57 bits per heavy atom. The Morgan fingerprint density at radius 2 is 2.00 bits per heavy atom. The number of ether oxygens (including phenoxy) is 1. The molecule has 118 valence electrons. The molecule has 0 spiro atoms. The fourth-order valence-electron chi connectivity index (χ4n) is 2.46. The Kier molecular flexibility index (Phi) is 5.32. The summed E-state index contributed by atoms with van der Waals surface area (Å²) in [4.78, 5) is 0. The van der Waals surface area contributed by atoms with Gasteiger partial charge in [0.05, 0.1) is 6.61 Å². The van der Waals surface area contributed by atoms with Gasteiger partial charge in [0.25, 0.3) is 0 Å². The maximum absolute atomic E-state index is 6.14. The van der Waals surface area contributed by atoms with E-state index in [1.54, 1.807) is 0 Å². The number of aryl methyl sites for hydroxylation is 1. The molecule has 2 heteroatoms. The summed E-state index contributed by atoms with van der Waals surface area (Å²) in [6.45, 7) is 13.1. The first kappa shape index (κ1) is 16.4. The van der Waals surface area contributed by atoms with Crippen molar-refractivity contribution in [3.63, 3.8) is 0 Å². The van der Waals surface area contributed by atoms with Crippen molar-refractivity contribution < 1.29 is 4.74 Å². The first-order valence-corrected chi connectivity index (χ1v) is 8.39. The highest BCUT2D eigenvalue weighted by atomic mass is 16.5. The molecule has 1 fully saturated rings. The standard InChI is InChI=1S/C19H31NO/c1-6-15-7-10-18(17(11-15)19(3,4)5)21-13-14(2)12-20-16-8-9-16/h7,10-11,14,16,20H,6,8-9,12-13H2,1-5H3. The molecule has 0 radical (unpaired) electrons. The van der Waals surface area contributed by atoms with E-state index in [-0.39, 0.29) is 5.41 Å². The molecule has 0 amide bonds. The van der Waals surface area contributed by atoms with Crippen LogP contribution < -0.4 is 10.1 Å². The minimum absolute atomic E-state index is 0.121. The summed E-state index contributed by atoms with van der Waals surface area (Å²) in [5.74, 6) is 1.60. The van der Waals surface area contributed by atoms with Crippen LogP contribution in [0, 0.1) is 5.92 Å². The monoisotopic (exact) mass is 289 g/mol. The Morgan fingerprint density at radius 1 is 1.29 bits per heavy atom. The second-order valence-corrected chi connectivity index (χ2v) is 7.53. The number of benzene rings is 1. The smallest absolute Gasteiger partial charge is 0.123 e. The van der Waals surface area contributed by atoms with Crippen molar-refractivity contribution in [2.24, 2.45) is 5.92 Å². The van der Waals surface area contributed by atoms with Gasteiger partial charge in [0.15, 0.2) is 0 Å². The fourth-order valence-corrected chi connectivity index (χ4v) is 2.46. The highest BCUT2D eigenvalue weighted by Crippen LogP contribution is 2.32. The van der Waals surface area contributed by atoms with Crippen molar-refractivity contribution in [3.05, 3.63) is 29.3 Å². The van der Waals surface area contributed by atoms with Crippen molar-refractivity contribution in [1.29, 1.82) is 0 Å². The zero-order valence-corrected chi connectivity index (χ0v) is 14.3. The van der Waals surface area contributed by atoms with Crippen molar-refractivity contribution in [3.8, 4) is 5.75 Å². The lowest BCUT2D eigenvalue weighted by Gasteiger charge is -2.24. The van der Waals surface area contributed by atoms with Crippen LogP contribution >= 0.6 is 0 Å². The predicted molar refractivity (Wildman–Crippen MR) is 90.2 cm³/mol. The third-order valence-corrected chi connectivity index (χ3v) is 4.12. The number of nitrogens with one attached hydrogen (secondary N) is 1. The molecule has 0 aliphatic heterocycles. The van der Waals surface area contributed by atoms with Crippen molar-refractivity contribution >= 4 is 0 Å². The minimum atomic E-state index is 0.121. The van der Waals surface area contributed by atoms with Gasteiger partial charge in [-0.2, -0.15) is 0 Å². The normalized spacial score (nSPS) is 16.8. The first-order chi connectivity index (χ1) is 9.90. The molecule has 0 bridgehead atoms. The summed E-state index contributed by atoms with van der Waals surface area (Å²) >= 11 is 0. The quantitative estimate of drug-likeness (QED) is 0.807. The van der Waals surface area contributed by atoms with Gasteiger partial charge in [0.1, 0.15) is 5.75 Å². The lowest BCUT2D eigenvalue weighted by atomic mass is 9.85. The van der Waals surface area contributed by atoms with Gasteiger partial charge in [0, 0.05) is 18.5 Å².